The Kier molecular flexibility index (Phi) is 42.1. The average molecular weight is 180 g/mol. The molecule has 0 aromatic carbocycles. The Labute approximate surface area is 73.3 Å². The van der Waals surface area contributed by atoms with Gasteiger partial charge < -0.3 is 27.3 Å². The summed E-state index contributed by atoms with van der Waals surface area (Å²) in [6.45, 7) is 3.43. The first-order valence-electron chi connectivity index (χ1n) is 3.14. The lowest BCUT2D eigenvalue weighted by Crippen LogP contribution is -2.18. The van der Waals surface area contributed by atoms with Gasteiger partial charge in [0.1, 0.15) is 0 Å². The molecule has 0 spiro atoms. The molecule has 8 N–H and O–H groups in total. The van der Waals surface area contributed by atoms with Crippen molar-refractivity contribution in [3.05, 3.63) is 12.2 Å². The number of hydrogen-bond acceptors (Lipinski definition) is 3. The van der Waals surface area contributed by atoms with Crippen LogP contribution in [0.5, 0.6) is 0 Å². The van der Waals surface area contributed by atoms with Gasteiger partial charge in [0.05, 0.1) is 5.97 Å². The zero-order chi connectivity index (χ0) is 8.41. The van der Waals surface area contributed by atoms with E-state index in [0.29, 0.717) is 0 Å². The van der Waals surface area contributed by atoms with Crippen LogP contribution in [0.15, 0.2) is 12.2 Å². The highest BCUT2D eigenvalue weighted by Crippen LogP contribution is 1.75. The molecule has 0 aliphatic heterocycles. The van der Waals surface area contributed by atoms with Crippen LogP contribution in [0.3, 0.4) is 0 Å². The SMILES string of the molecule is CCC=CC(=O)[O-].CC[O-].[NH4+].[NH4+]. The topological polar surface area (TPSA) is 136 Å². The van der Waals surface area contributed by atoms with Crippen LogP contribution < -0.4 is 22.5 Å². The largest absolute Gasteiger partial charge is 0.855 e. The lowest BCUT2D eigenvalue weighted by molar-refractivity contribution is -0.361. The summed E-state index contributed by atoms with van der Waals surface area (Å²) in [6, 6.07) is 0. The minimum atomic E-state index is -1.12. The van der Waals surface area contributed by atoms with E-state index in [1.165, 1.54) is 6.08 Å². The summed E-state index contributed by atoms with van der Waals surface area (Å²) in [5.41, 5.74) is 0. The summed E-state index contributed by atoms with van der Waals surface area (Å²) in [5, 5.41) is 18.5. The smallest absolute Gasteiger partial charge is 0.0639 e. The molecule has 12 heavy (non-hydrogen) atoms. The van der Waals surface area contributed by atoms with Gasteiger partial charge in [-0.2, -0.15) is 0 Å². The van der Waals surface area contributed by atoms with Crippen molar-refractivity contribution in [1.29, 1.82) is 0 Å². The van der Waals surface area contributed by atoms with Crippen molar-refractivity contribution in [2.75, 3.05) is 6.61 Å². The molecular weight excluding hydrogens is 160 g/mol. The molecule has 0 rings (SSSR count). The van der Waals surface area contributed by atoms with Crippen molar-refractivity contribution in [2.24, 2.45) is 0 Å². The van der Waals surface area contributed by atoms with E-state index in [1.54, 1.807) is 6.92 Å². The average Bonchev–Trinajstić information content (AvgIpc) is 1.85. The molecule has 0 aromatic rings. The van der Waals surface area contributed by atoms with E-state index in [9.17, 15) is 9.90 Å². The second-order valence-electron chi connectivity index (χ2n) is 1.42. The van der Waals surface area contributed by atoms with E-state index in [2.05, 4.69) is 0 Å². The van der Waals surface area contributed by atoms with E-state index >= 15 is 0 Å². The molecule has 0 radical (unpaired) electrons. The van der Waals surface area contributed by atoms with Crippen LogP contribution in [0.1, 0.15) is 20.3 Å². The van der Waals surface area contributed by atoms with Crippen molar-refractivity contribution in [3.8, 4) is 0 Å². The summed E-state index contributed by atoms with van der Waals surface area (Å²) < 4.78 is 0. The Morgan fingerprint density at radius 1 is 1.33 bits per heavy atom. The molecule has 0 aliphatic carbocycles. The van der Waals surface area contributed by atoms with Crippen LogP contribution in [-0.4, -0.2) is 12.6 Å². The molecule has 0 saturated heterocycles. The molecule has 0 aromatic heterocycles. The van der Waals surface area contributed by atoms with Gasteiger partial charge >= 0.3 is 0 Å². The van der Waals surface area contributed by atoms with Gasteiger partial charge in [-0.1, -0.05) is 19.9 Å². The highest BCUT2D eigenvalue weighted by Gasteiger charge is 1.66. The standard InChI is InChI=1S/C5H8O2.C2H5O.2H3N/c1-2-3-4-5(6)7;1-2-3;;/h3-4H,2H2,1H3,(H,6,7);2H2,1H3;2*1H3/q;-1;;/p+1. The van der Waals surface area contributed by atoms with Crippen LogP contribution >= 0.6 is 0 Å². The van der Waals surface area contributed by atoms with Gasteiger partial charge in [0.25, 0.3) is 0 Å². The van der Waals surface area contributed by atoms with Crippen molar-refractivity contribution in [1.82, 2.24) is 12.3 Å². The van der Waals surface area contributed by atoms with Gasteiger partial charge in [-0.25, -0.2) is 0 Å². The molecule has 0 unspecified atom stereocenters. The van der Waals surface area contributed by atoms with Gasteiger partial charge in [0.15, 0.2) is 0 Å². The number of carboxylic acid groups (broad SMARTS) is 1. The molecule has 0 saturated carbocycles. The van der Waals surface area contributed by atoms with E-state index in [4.69, 9.17) is 5.11 Å². The number of carbonyl (C=O) groups is 1. The number of quaternary nitrogens is 2. The second-order valence-corrected chi connectivity index (χ2v) is 1.42. The quantitative estimate of drug-likeness (QED) is 0.570. The Morgan fingerprint density at radius 2 is 1.67 bits per heavy atom. The van der Waals surface area contributed by atoms with Crippen LogP contribution in [-0.2, 0) is 4.79 Å². The third kappa shape index (κ3) is 62.3. The van der Waals surface area contributed by atoms with Crippen LogP contribution in [0.4, 0.5) is 0 Å². The van der Waals surface area contributed by atoms with E-state index in [0.717, 1.165) is 12.5 Å². The van der Waals surface area contributed by atoms with Crippen molar-refractivity contribution in [2.45, 2.75) is 20.3 Å². The highest BCUT2D eigenvalue weighted by atomic mass is 16.4. The van der Waals surface area contributed by atoms with Crippen molar-refractivity contribution < 1.29 is 15.0 Å². The third-order valence-corrected chi connectivity index (χ3v) is 0.490. The lowest BCUT2D eigenvalue weighted by Gasteiger charge is -1.85. The molecule has 5 nitrogen and oxygen atoms in total. The zero-order valence-electron chi connectivity index (χ0n) is 8.29. The summed E-state index contributed by atoms with van der Waals surface area (Å²) in [6.07, 6.45) is 3.31. The minimum Gasteiger partial charge on any atom is -0.855 e. The number of carbonyl (C=O) groups excluding carboxylic acids is 1. The normalized spacial score (nSPS) is 7.25. The van der Waals surface area contributed by atoms with E-state index in [-0.39, 0.29) is 18.9 Å². The fraction of sp³-hybridized carbons (Fsp3) is 0.571. The first-order valence-corrected chi connectivity index (χ1v) is 3.14. The number of hydrogen-bond donors (Lipinski definition) is 2. The van der Waals surface area contributed by atoms with Crippen LogP contribution in [0.2, 0.25) is 0 Å². The van der Waals surface area contributed by atoms with Gasteiger partial charge in [-0.05, 0) is 12.5 Å². The van der Waals surface area contributed by atoms with Crippen molar-refractivity contribution >= 4 is 5.97 Å². The van der Waals surface area contributed by atoms with E-state index < -0.39 is 5.97 Å². The Hall–Kier alpha value is -0.910. The first-order chi connectivity index (χ1) is 4.68. The van der Waals surface area contributed by atoms with Gasteiger partial charge in [0.2, 0.25) is 0 Å². The maximum atomic E-state index is 9.56. The molecule has 0 fully saturated rings. The maximum Gasteiger partial charge on any atom is 0.0639 e. The van der Waals surface area contributed by atoms with E-state index in [1.807, 2.05) is 6.92 Å². The van der Waals surface area contributed by atoms with Gasteiger partial charge in [-0.3, -0.25) is 0 Å². The number of rotatable bonds is 2. The summed E-state index contributed by atoms with van der Waals surface area (Å²) >= 11 is 0. The fourth-order valence-electron chi connectivity index (χ4n) is 0.214. The monoisotopic (exact) mass is 180 g/mol. The molecule has 0 amide bonds. The molecule has 0 aliphatic rings. The lowest BCUT2D eigenvalue weighted by atomic mass is 10.4. The fourth-order valence-corrected chi connectivity index (χ4v) is 0.214. The molecular formula is C7H20N2O3. The summed E-state index contributed by atoms with van der Waals surface area (Å²) in [7, 11) is 0. The molecule has 0 atom stereocenters. The van der Waals surface area contributed by atoms with Crippen molar-refractivity contribution in [3.63, 3.8) is 0 Å². The summed E-state index contributed by atoms with van der Waals surface area (Å²) in [4.78, 5) is 9.56. The predicted octanol–water partition coefficient (Wildman–Crippen LogP) is -0.178. The molecule has 0 bridgehead atoms. The second kappa shape index (κ2) is 22.5. The Morgan fingerprint density at radius 3 is 1.75 bits per heavy atom. The van der Waals surface area contributed by atoms with Crippen LogP contribution in [0, 0.1) is 0 Å². The molecule has 5 heteroatoms. The Balaban J connectivity index is -0.0000000569. The number of aliphatic carboxylic acids is 1. The Bertz CT molecular complexity index is 105. The van der Waals surface area contributed by atoms with Crippen LogP contribution in [0.25, 0.3) is 0 Å². The number of carboxylic acids is 1. The summed E-state index contributed by atoms with van der Waals surface area (Å²) in [5.74, 6) is -1.12. The molecule has 0 heterocycles. The maximum absolute atomic E-state index is 9.56. The first kappa shape index (κ1) is 22.5. The number of allylic oxidation sites excluding steroid dienone is 1. The minimum absolute atomic E-state index is 0. The predicted molar refractivity (Wildman–Crippen MR) is 46.9 cm³/mol. The highest BCUT2D eigenvalue weighted by molar-refractivity contribution is 5.77. The zero-order valence-corrected chi connectivity index (χ0v) is 8.29. The van der Waals surface area contributed by atoms with Gasteiger partial charge in [0, 0.05) is 0 Å². The third-order valence-electron chi connectivity index (χ3n) is 0.490. The van der Waals surface area contributed by atoms with Gasteiger partial charge in [-0.15, -0.1) is 6.61 Å². The molecule has 76 valence electrons.